The molecule has 2 fully saturated rings. The smallest absolute Gasteiger partial charge is 0.238 e. The molecule has 0 amide bonds. The number of hydrogen-bond donors (Lipinski definition) is 2. The van der Waals surface area contributed by atoms with Gasteiger partial charge in [0.1, 0.15) is 6.07 Å². The quantitative estimate of drug-likeness (QED) is 0.873. The van der Waals surface area contributed by atoms with Crippen LogP contribution in [0.5, 0.6) is 0 Å². The van der Waals surface area contributed by atoms with Crippen LogP contribution in [0.4, 0.5) is 11.9 Å². The van der Waals surface area contributed by atoms with Gasteiger partial charge in [-0.15, -0.1) is 0 Å². The number of nitriles is 1. The predicted octanol–water partition coefficient (Wildman–Crippen LogP) is 1.68. The molecule has 23 heavy (non-hydrogen) atoms. The summed E-state index contributed by atoms with van der Waals surface area (Å²) < 4.78 is 0. The molecular formula is C16H25N7. The van der Waals surface area contributed by atoms with Crippen molar-refractivity contribution >= 4 is 11.9 Å². The van der Waals surface area contributed by atoms with Crippen LogP contribution < -0.4 is 15.5 Å². The normalized spacial score (nSPS) is 20.8. The minimum atomic E-state index is 0.0626. The molecule has 124 valence electrons. The Kier molecular flexibility index (Phi) is 4.91. The molecule has 1 aliphatic carbocycles. The second-order valence-corrected chi connectivity index (χ2v) is 6.45. The third-order valence-electron chi connectivity index (χ3n) is 4.99. The third-order valence-corrected chi connectivity index (χ3v) is 4.99. The van der Waals surface area contributed by atoms with Gasteiger partial charge in [0.25, 0.3) is 0 Å². The van der Waals surface area contributed by atoms with Crippen molar-refractivity contribution in [3.05, 3.63) is 5.82 Å². The van der Waals surface area contributed by atoms with E-state index in [9.17, 15) is 5.26 Å². The fraction of sp³-hybridized carbons (Fsp3) is 0.750. The highest BCUT2D eigenvalue weighted by Gasteiger charge is 2.31. The molecule has 2 heterocycles. The zero-order valence-electron chi connectivity index (χ0n) is 13.8. The summed E-state index contributed by atoms with van der Waals surface area (Å²) in [4.78, 5) is 15.3. The average molecular weight is 315 g/mol. The molecule has 1 aromatic heterocycles. The van der Waals surface area contributed by atoms with Crippen molar-refractivity contribution in [1.82, 2.24) is 20.3 Å². The summed E-state index contributed by atoms with van der Waals surface area (Å²) in [5, 5.41) is 16.1. The van der Waals surface area contributed by atoms with Crippen LogP contribution in [0.15, 0.2) is 0 Å². The fourth-order valence-corrected chi connectivity index (χ4v) is 3.51. The first-order chi connectivity index (χ1) is 11.2. The molecule has 0 unspecified atom stereocenters. The van der Waals surface area contributed by atoms with Crippen LogP contribution in [0.25, 0.3) is 0 Å². The largest absolute Gasteiger partial charge is 0.349 e. The van der Waals surface area contributed by atoms with Gasteiger partial charge in [0.05, 0.1) is 0 Å². The Morgan fingerprint density at radius 2 is 1.91 bits per heavy atom. The Bertz CT molecular complexity index is 568. The third kappa shape index (κ3) is 3.70. The van der Waals surface area contributed by atoms with E-state index in [1.54, 1.807) is 0 Å². The summed E-state index contributed by atoms with van der Waals surface area (Å²) in [6.45, 7) is 5.74. The SMILES string of the molecule is CCC1(Nc2nc(C#N)nc(N3CCNCC3)n2)CCCCC1. The molecule has 0 spiro atoms. The van der Waals surface area contributed by atoms with Crippen molar-refractivity contribution in [2.75, 3.05) is 36.4 Å². The standard InChI is InChI=1S/C16H25N7/c1-2-16(6-4-3-5-7-16)22-14-19-13(12-17)20-15(21-14)23-10-8-18-9-11-23/h18H,2-11H2,1H3,(H,19,20,21,22). The molecule has 2 aliphatic rings. The second-order valence-electron chi connectivity index (χ2n) is 6.45. The molecule has 1 saturated heterocycles. The van der Waals surface area contributed by atoms with Gasteiger partial charge in [0, 0.05) is 31.7 Å². The summed E-state index contributed by atoms with van der Waals surface area (Å²) in [6, 6.07) is 2.07. The lowest BCUT2D eigenvalue weighted by molar-refractivity contribution is 0.312. The Balaban J connectivity index is 1.84. The molecule has 0 radical (unpaired) electrons. The fourth-order valence-electron chi connectivity index (χ4n) is 3.51. The molecule has 1 aromatic rings. The van der Waals surface area contributed by atoms with Gasteiger partial charge in [0.15, 0.2) is 0 Å². The van der Waals surface area contributed by atoms with Crippen LogP contribution in [0.3, 0.4) is 0 Å². The van der Waals surface area contributed by atoms with E-state index in [2.05, 4.69) is 43.5 Å². The van der Waals surface area contributed by atoms with E-state index < -0.39 is 0 Å². The molecule has 7 nitrogen and oxygen atoms in total. The van der Waals surface area contributed by atoms with Crippen molar-refractivity contribution in [2.24, 2.45) is 0 Å². The van der Waals surface area contributed by atoms with Crippen LogP contribution in [0, 0.1) is 11.3 Å². The first kappa shape index (κ1) is 15.9. The first-order valence-electron chi connectivity index (χ1n) is 8.65. The lowest BCUT2D eigenvalue weighted by Gasteiger charge is -2.37. The van der Waals surface area contributed by atoms with Crippen LogP contribution >= 0.6 is 0 Å². The maximum absolute atomic E-state index is 9.25. The highest BCUT2D eigenvalue weighted by molar-refractivity contribution is 5.41. The molecule has 3 rings (SSSR count). The Hall–Kier alpha value is -1.94. The minimum Gasteiger partial charge on any atom is -0.349 e. The van der Waals surface area contributed by atoms with Crippen LogP contribution in [-0.4, -0.2) is 46.7 Å². The molecule has 2 N–H and O–H groups in total. The van der Waals surface area contributed by atoms with Crippen molar-refractivity contribution in [3.63, 3.8) is 0 Å². The zero-order chi connectivity index (χ0) is 16.1. The van der Waals surface area contributed by atoms with Gasteiger partial charge in [0.2, 0.25) is 17.7 Å². The summed E-state index contributed by atoms with van der Waals surface area (Å²) in [6.07, 6.45) is 7.10. The molecule has 0 atom stereocenters. The Morgan fingerprint density at radius 3 is 2.57 bits per heavy atom. The summed E-state index contributed by atoms with van der Waals surface area (Å²) >= 11 is 0. The van der Waals surface area contributed by atoms with E-state index >= 15 is 0 Å². The van der Waals surface area contributed by atoms with Crippen LogP contribution in [-0.2, 0) is 0 Å². The topological polar surface area (TPSA) is 89.8 Å². The number of hydrogen-bond acceptors (Lipinski definition) is 7. The van der Waals surface area contributed by atoms with Crippen molar-refractivity contribution in [3.8, 4) is 6.07 Å². The summed E-state index contributed by atoms with van der Waals surface area (Å²) in [7, 11) is 0. The number of rotatable bonds is 4. The zero-order valence-corrected chi connectivity index (χ0v) is 13.8. The van der Waals surface area contributed by atoms with Crippen LogP contribution in [0.1, 0.15) is 51.3 Å². The number of nitrogens with one attached hydrogen (secondary N) is 2. The monoisotopic (exact) mass is 315 g/mol. The van der Waals surface area contributed by atoms with Crippen molar-refractivity contribution in [2.45, 2.75) is 51.0 Å². The summed E-state index contributed by atoms with van der Waals surface area (Å²) in [5.41, 5.74) is 0.0626. The van der Waals surface area contributed by atoms with E-state index in [-0.39, 0.29) is 11.4 Å². The van der Waals surface area contributed by atoms with Gasteiger partial charge in [-0.3, -0.25) is 0 Å². The number of anilines is 2. The van der Waals surface area contributed by atoms with Crippen molar-refractivity contribution < 1.29 is 0 Å². The maximum atomic E-state index is 9.25. The number of nitrogens with zero attached hydrogens (tertiary/aromatic N) is 5. The predicted molar refractivity (Wildman–Crippen MR) is 89.4 cm³/mol. The van der Waals surface area contributed by atoms with Gasteiger partial charge in [-0.25, -0.2) is 0 Å². The van der Waals surface area contributed by atoms with E-state index in [4.69, 9.17) is 0 Å². The van der Waals surface area contributed by atoms with Gasteiger partial charge in [-0.1, -0.05) is 26.2 Å². The number of aromatic nitrogens is 3. The van der Waals surface area contributed by atoms with E-state index in [0.29, 0.717) is 11.9 Å². The van der Waals surface area contributed by atoms with Gasteiger partial charge in [-0.05, 0) is 19.3 Å². The van der Waals surface area contributed by atoms with E-state index in [0.717, 1.165) is 45.4 Å². The maximum Gasteiger partial charge on any atom is 0.238 e. The van der Waals surface area contributed by atoms with Gasteiger partial charge < -0.3 is 15.5 Å². The summed E-state index contributed by atoms with van der Waals surface area (Å²) in [5.74, 6) is 1.36. The van der Waals surface area contributed by atoms with Crippen LogP contribution in [0.2, 0.25) is 0 Å². The number of piperazine rings is 1. The molecular weight excluding hydrogens is 290 g/mol. The molecule has 1 saturated carbocycles. The lowest BCUT2D eigenvalue weighted by Crippen LogP contribution is -2.45. The second kappa shape index (κ2) is 7.09. The first-order valence-corrected chi connectivity index (χ1v) is 8.65. The van der Waals surface area contributed by atoms with E-state index in [1.165, 1.54) is 19.3 Å². The molecule has 0 bridgehead atoms. The Morgan fingerprint density at radius 1 is 1.17 bits per heavy atom. The highest BCUT2D eigenvalue weighted by Crippen LogP contribution is 2.33. The lowest BCUT2D eigenvalue weighted by atomic mass is 9.80. The van der Waals surface area contributed by atoms with Gasteiger partial charge in [-0.2, -0.15) is 20.2 Å². The minimum absolute atomic E-state index is 0.0626. The highest BCUT2D eigenvalue weighted by atomic mass is 15.3. The molecule has 7 heteroatoms. The Labute approximate surface area is 137 Å². The van der Waals surface area contributed by atoms with Crippen molar-refractivity contribution in [1.29, 1.82) is 5.26 Å². The van der Waals surface area contributed by atoms with Gasteiger partial charge >= 0.3 is 0 Å². The average Bonchev–Trinajstić information content (AvgIpc) is 2.63. The van der Waals surface area contributed by atoms with E-state index in [1.807, 2.05) is 0 Å². The molecule has 1 aliphatic heterocycles. The molecule has 0 aromatic carbocycles.